The molecule has 0 spiro atoms. The topological polar surface area (TPSA) is 265 Å². The third-order valence-electron chi connectivity index (χ3n) is 4.89. The quantitative estimate of drug-likeness (QED) is 0.136. The second-order valence-electron chi connectivity index (χ2n) is 7.53. The predicted molar refractivity (Wildman–Crippen MR) is 109 cm³/mol. The molecule has 4 atom stereocenters. The summed E-state index contributed by atoms with van der Waals surface area (Å²) in [5, 5.41) is 22.4. The molecule has 0 radical (unpaired) electrons. The van der Waals surface area contributed by atoms with Crippen LogP contribution in [0.5, 0.6) is 0 Å². The molecule has 0 aromatic heterocycles. The molecule has 4 unspecified atom stereocenters. The molecule has 0 aliphatic carbocycles. The van der Waals surface area contributed by atoms with E-state index in [9.17, 15) is 33.6 Å². The van der Waals surface area contributed by atoms with Crippen LogP contribution in [0.2, 0.25) is 0 Å². The Morgan fingerprint density at radius 3 is 2.09 bits per heavy atom. The first-order valence-electron chi connectivity index (χ1n) is 10.0. The van der Waals surface area contributed by atoms with E-state index in [0.29, 0.717) is 6.42 Å². The normalized spacial score (nSPS) is 18.0. The molecular weight excluding hydrogens is 444 g/mol. The lowest BCUT2D eigenvalue weighted by molar-refractivity contribution is -0.145. The molecule has 1 aliphatic rings. The van der Waals surface area contributed by atoms with E-state index in [0.717, 1.165) is 0 Å². The maximum Gasteiger partial charge on any atom is 0.326 e. The van der Waals surface area contributed by atoms with Crippen molar-refractivity contribution >= 4 is 41.5 Å². The van der Waals surface area contributed by atoms with Crippen molar-refractivity contribution < 1.29 is 43.8 Å². The number of hydrogen-bond acceptors (Lipinski definition) is 8. The maximum atomic E-state index is 12.8. The molecule has 184 valence electrons. The van der Waals surface area contributed by atoms with Gasteiger partial charge in [-0.05, 0) is 19.3 Å². The molecule has 0 aromatic carbocycles. The highest BCUT2D eigenvalue weighted by atomic mass is 16.4. The minimum Gasteiger partial charge on any atom is -0.481 e. The Morgan fingerprint density at radius 2 is 1.58 bits per heavy atom. The van der Waals surface area contributed by atoms with Gasteiger partial charge in [0.25, 0.3) is 0 Å². The number of aliphatic carboxylic acids is 2. The molecule has 1 heterocycles. The number of likely N-dealkylation sites (tertiary alicyclic amines) is 1. The molecule has 1 fully saturated rings. The molecule has 15 nitrogen and oxygen atoms in total. The smallest absolute Gasteiger partial charge is 0.326 e. The van der Waals surface area contributed by atoms with E-state index in [1.807, 2.05) is 5.32 Å². The molecule has 0 aromatic rings. The van der Waals surface area contributed by atoms with Crippen LogP contribution in [0.15, 0.2) is 0 Å². The average Bonchev–Trinajstić information content (AvgIpc) is 3.19. The fourth-order valence-electron chi connectivity index (χ4n) is 3.26. The number of nitrogens with one attached hydrogen (secondary N) is 2. The van der Waals surface area contributed by atoms with Crippen LogP contribution in [-0.2, 0) is 33.6 Å². The zero-order valence-electron chi connectivity index (χ0n) is 17.7. The van der Waals surface area contributed by atoms with Crippen molar-refractivity contribution in [3.63, 3.8) is 0 Å². The van der Waals surface area contributed by atoms with Gasteiger partial charge in [0.1, 0.15) is 18.1 Å². The van der Waals surface area contributed by atoms with Crippen molar-refractivity contribution in [2.24, 2.45) is 17.2 Å². The van der Waals surface area contributed by atoms with Crippen LogP contribution >= 0.6 is 0 Å². The Kier molecular flexibility index (Phi) is 10.2. The van der Waals surface area contributed by atoms with Gasteiger partial charge in [-0.25, -0.2) is 4.79 Å². The van der Waals surface area contributed by atoms with Crippen LogP contribution in [-0.4, -0.2) is 87.3 Å². The third-order valence-corrected chi connectivity index (χ3v) is 4.89. The molecule has 5 amide bonds. The van der Waals surface area contributed by atoms with Crippen molar-refractivity contribution in [1.82, 2.24) is 15.5 Å². The zero-order chi connectivity index (χ0) is 25.3. The number of primary amides is 2. The lowest BCUT2D eigenvalue weighted by Gasteiger charge is -2.28. The Bertz CT molecular complexity index is 817. The molecule has 33 heavy (non-hydrogen) atoms. The van der Waals surface area contributed by atoms with Gasteiger partial charge in [-0.1, -0.05) is 0 Å². The van der Waals surface area contributed by atoms with Gasteiger partial charge >= 0.3 is 11.9 Å². The Morgan fingerprint density at radius 1 is 0.939 bits per heavy atom. The summed E-state index contributed by atoms with van der Waals surface area (Å²) in [6.45, 7) is 0.177. The average molecular weight is 472 g/mol. The molecule has 15 heteroatoms. The highest BCUT2D eigenvalue weighted by molar-refractivity contribution is 5.96. The molecule has 0 bridgehead atoms. The predicted octanol–water partition coefficient (Wildman–Crippen LogP) is -4.03. The summed E-state index contributed by atoms with van der Waals surface area (Å²) >= 11 is 0. The fraction of sp³-hybridized carbons (Fsp3) is 0.611. The number of rotatable bonds is 13. The number of carboxylic acids is 2. The Hall–Kier alpha value is -3.75. The summed E-state index contributed by atoms with van der Waals surface area (Å²) < 4.78 is 0. The summed E-state index contributed by atoms with van der Waals surface area (Å²) in [4.78, 5) is 83.2. The number of nitrogens with two attached hydrogens (primary N) is 3. The number of carbonyl (C=O) groups is 7. The van der Waals surface area contributed by atoms with Gasteiger partial charge in [0.05, 0.1) is 18.9 Å². The third kappa shape index (κ3) is 8.72. The highest BCUT2D eigenvalue weighted by Gasteiger charge is 2.38. The van der Waals surface area contributed by atoms with Gasteiger partial charge in [0.2, 0.25) is 29.5 Å². The minimum atomic E-state index is -1.73. The zero-order valence-corrected chi connectivity index (χ0v) is 17.7. The number of carboxylic acid groups (broad SMARTS) is 2. The van der Waals surface area contributed by atoms with Crippen molar-refractivity contribution in [2.45, 2.75) is 62.7 Å². The van der Waals surface area contributed by atoms with Crippen LogP contribution in [0, 0.1) is 0 Å². The summed E-state index contributed by atoms with van der Waals surface area (Å²) in [7, 11) is 0. The molecular formula is C18H28N6O9. The summed E-state index contributed by atoms with van der Waals surface area (Å²) in [6.07, 6.45) is -1.15. The van der Waals surface area contributed by atoms with Gasteiger partial charge in [-0.15, -0.1) is 0 Å². The van der Waals surface area contributed by atoms with Crippen molar-refractivity contribution in [1.29, 1.82) is 0 Å². The van der Waals surface area contributed by atoms with E-state index in [1.165, 1.54) is 4.90 Å². The van der Waals surface area contributed by atoms with E-state index < -0.39 is 78.5 Å². The summed E-state index contributed by atoms with van der Waals surface area (Å²) in [5.74, 6) is -7.33. The second kappa shape index (κ2) is 12.3. The lowest BCUT2D eigenvalue weighted by atomic mass is 10.1. The standard InChI is InChI=1S/C18H28N6O9/c19-8(3-4-12(20)25)17(31)24-5-1-2-11(24)16(30)22-9(7-14(27)28)15(29)23-10(18(32)33)6-13(21)26/h8-11H,1-7,19H2,(H2,20,25)(H2,21,26)(H,22,30)(H,23,29)(H,27,28)(H,32,33). The Labute approximate surface area is 188 Å². The van der Waals surface area contributed by atoms with Crippen LogP contribution < -0.4 is 27.8 Å². The number of nitrogens with zero attached hydrogens (tertiary/aromatic N) is 1. The lowest BCUT2D eigenvalue weighted by Crippen LogP contribution is -2.57. The maximum absolute atomic E-state index is 12.8. The number of carbonyl (C=O) groups excluding carboxylic acids is 5. The van der Waals surface area contributed by atoms with Crippen LogP contribution in [0.4, 0.5) is 0 Å². The van der Waals surface area contributed by atoms with Crippen molar-refractivity contribution in [2.75, 3.05) is 6.54 Å². The van der Waals surface area contributed by atoms with Crippen molar-refractivity contribution in [3.05, 3.63) is 0 Å². The molecule has 1 rings (SSSR count). The van der Waals surface area contributed by atoms with Crippen LogP contribution in [0.25, 0.3) is 0 Å². The SMILES string of the molecule is NC(=O)CCC(N)C(=O)N1CCCC1C(=O)NC(CC(=O)O)C(=O)NC(CC(N)=O)C(=O)O. The molecule has 0 saturated carbocycles. The van der Waals surface area contributed by atoms with Crippen LogP contribution in [0.3, 0.4) is 0 Å². The first-order chi connectivity index (χ1) is 15.3. The first-order valence-corrected chi connectivity index (χ1v) is 10.0. The van der Waals surface area contributed by atoms with E-state index in [1.54, 1.807) is 0 Å². The number of hydrogen-bond donors (Lipinski definition) is 7. The van der Waals surface area contributed by atoms with E-state index >= 15 is 0 Å². The number of amides is 5. The monoisotopic (exact) mass is 472 g/mol. The fourth-order valence-corrected chi connectivity index (χ4v) is 3.26. The molecule has 1 saturated heterocycles. The van der Waals surface area contributed by atoms with Gasteiger partial charge in [-0.3, -0.25) is 28.8 Å². The van der Waals surface area contributed by atoms with E-state index in [2.05, 4.69) is 5.32 Å². The van der Waals surface area contributed by atoms with Gasteiger partial charge in [0.15, 0.2) is 0 Å². The second-order valence-corrected chi connectivity index (χ2v) is 7.53. The van der Waals surface area contributed by atoms with E-state index in [4.69, 9.17) is 27.4 Å². The van der Waals surface area contributed by atoms with Gasteiger partial charge < -0.3 is 42.9 Å². The van der Waals surface area contributed by atoms with Gasteiger partial charge in [-0.2, -0.15) is 0 Å². The summed E-state index contributed by atoms with van der Waals surface area (Å²) in [6, 6.07) is -5.56. The highest BCUT2D eigenvalue weighted by Crippen LogP contribution is 2.19. The molecule has 1 aliphatic heterocycles. The van der Waals surface area contributed by atoms with Crippen LogP contribution in [0.1, 0.15) is 38.5 Å². The van der Waals surface area contributed by atoms with E-state index in [-0.39, 0.29) is 25.8 Å². The van der Waals surface area contributed by atoms with Gasteiger partial charge in [0, 0.05) is 13.0 Å². The molecule has 10 N–H and O–H groups in total. The first kappa shape index (κ1) is 27.3. The Balaban J connectivity index is 2.91. The minimum absolute atomic E-state index is 0.0283. The largest absolute Gasteiger partial charge is 0.481 e. The summed E-state index contributed by atoms with van der Waals surface area (Å²) in [5.41, 5.74) is 15.8. The van der Waals surface area contributed by atoms with Crippen molar-refractivity contribution in [3.8, 4) is 0 Å².